The van der Waals surface area contributed by atoms with Gasteiger partial charge < -0.3 is 25.7 Å². The molecule has 2 aromatic rings. The van der Waals surface area contributed by atoms with Gasteiger partial charge >= 0.3 is 18.7 Å². The van der Waals surface area contributed by atoms with Gasteiger partial charge in [-0.3, -0.25) is 4.79 Å². The summed E-state index contributed by atoms with van der Waals surface area (Å²) in [5.74, 6) is -2.97. The summed E-state index contributed by atoms with van der Waals surface area (Å²) in [5, 5.41) is 0. The first-order valence-corrected chi connectivity index (χ1v) is 8.97. The van der Waals surface area contributed by atoms with Crippen LogP contribution in [-0.2, 0) is 4.74 Å². The van der Waals surface area contributed by atoms with E-state index in [2.05, 4.69) is 19.2 Å². The Morgan fingerprint density at radius 3 is 1.59 bits per heavy atom. The van der Waals surface area contributed by atoms with Gasteiger partial charge in [0.15, 0.2) is 5.96 Å². The van der Waals surface area contributed by atoms with Crippen molar-refractivity contribution in [1.82, 2.24) is 0 Å². The Hall–Kier alpha value is -3.97. The van der Waals surface area contributed by atoms with Crippen molar-refractivity contribution in [2.75, 3.05) is 7.11 Å². The van der Waals surface area contributed by atoms with Gasteiger partial charge in [-0.1, -0.05) is 12.1 Å². The predicted molar refractivity (Wildman–Crippen MR) is 107 cm³/mol. The van der Waals surface area contributed by atoms with E-state index in [4.69, 9.17) is 11.5 Å². The summed E-state index contributed by atoms with van der Waals surface area (Å²) in [7, 11) is 1.15. The number of benzene rings is 2. The maximum atomic E-state index is 12.0. The number of halogens is 6. The van der Waals surface area contributed by atoms with E-state index in [1.165, 1.54) is 19.1 Å². The first kappa shape index (κ1) is 28.1. The maximum absolute atomic E-state index is 12.0. The molecule has 0 saturated heterocycles. The zero-order valence-electron chi connectivity index (χ0n) is 17.9. The summed E-state index contributed by atoms with van der Waals surface area (Å²) in [6.45, 7) is 3.12. The van der Waals surface area contributed by atoms with Crippen LogP contribution in [0.25, 0.3) is 0 Å². The van der Waals surface area contributed by atoms with Crippen LogP contribution in [0.15, 0.2) is 41.4 Å². The zero-order valence-corrected chi connectivity index (χ0v) is 17.9. The second kappa shape index (κ2) is 11.2. The second-order valence-electron chi connectivity index (χ2n) is 6.38. The standard InChI is InChI=1S/C10H10F3N3O2.C10H9F3O3/c1-5-2-3-6(18-10(11,12)13)4-7(5)8(17)16-9(14)15;1-6-3-4-7(16-10(11,12)13)5-8(6)9(14)15-2/h2-4H,1H3,(H4,14,15,16,17);3-5H,1-2H3. The molecule has 0 heterocycles. The highest BCUT2D eigenvalue weighted by Gasteiger charge is 2.32. The van der Waals surface area contributed by atoms with Gasteiger partial charge in [0, 0.05) is 5.56 Å². The van der Waals surface area contributed by atoms with Crippen molar-refractivity contribution in [2.45, 2.75) is 26.6 Å². The lowest BCUT2D eigenvalue weighted by molar-refractivity contribution is -0.275. The lowest BCUT2D eigenvalue weighted by atomic mass is 10.1. The highest BCUT2D eigenvalue weighted by Crippen LogP contribution is 2.26. The van der Waals surface area contributed by atoms with Crippen LogP contribution in [0, 0.1) is 13.8 Å². The molecule has 0 aliphatic rings. The second-order valence-corrected chi connectivity index (χ2v) is 6.38. The minimum atomic E-state index is -4.83. The molecule has 0 radical (unpaired) electrons. The topological polar surface area (TPSA) is 126 Å². The summed E-state index contributed by atoms with van der Waals surface area (Å²) in [6, 6.07) is 6.81. The third-order valence-corrected chi connectivity index (χ3v) is 3.75. The van der Waals surface area contributed by atoms with Gasteiger partial charge in [0.1, 0.15) is 11.5 Å². The molecule has 0 saturated carbocycles. The van der Waals surface area contributed by atoms with E-state index in [9.17, 15) is 35.9 Å². The third-order valence-electron chi connectivity index (χ3n) is 3.75. The number of guanidine groups is 1. The van der Waals surface area contributed by atoms with Crippen LogP contribution >= 0.6 is 0 Å². The molecular formula is C20H19F6N3O5. The highest BCUT2D eigenvalue weighted by molar-refractivity contribution is 6.03. The molecule has 4 N–H and O–H groups in total. The van der Waals surface area contributed by atoms with E-state index in [1.54, 1.807) is 6.92 Å². The van der Waals surface area contributed by atoms with E-state index < -0.39 is 42.1 Å². The summed E-state index contributed by atoms with van der Waals surface area (Å²) in [5.41, 5.74) is 11.0. The van der Waals surface area contributed by atoms with Crippen molar-refractivity contribution in [3.05, 3.63) is 58.7 Å². The Morgan fingerprint density at radius 2 is 1.21 bits per heavy atom. The molecule has 2 rings (SSSR count). The molecule has 0 aromatic heterocycles. The van der Waals surface area contributed by atoms with Gasteiger partial charge in [0.2, 0.25) is 0 Å². The van der Waals surface area contributed by atoms with Gasteiger partial charge in [-0.05, 0) is 49.2 Å². The first-order chi connectivity index (χ1) is 15.5. The van der Waals surface area contributed by atoms with Crippen molar-refractivity contribution >= 4 is 17.8 Å². The summed E-state index contributed by atoms with van der Waals surface area (Å²) in [4.78, 5) is 25.9. The van der Waals surface area contributed by atoms with Gasteiger partial charge in [0.05, 0.1) is 12.7 Å². The van der Waals surface area contributed by atoms with E-state index in [0.29, 0.717) is 11.1 Å². The lowest BCUT2D eigenvalue weighted by Gasteiger charge is -2.10. The van der Waals surface area contributed by atoms with Crippen molar-refractivity contribution in [3.63, 3.8) is 0 Å². The molecule has 34 heavy (non-hydrogen) atoms. The van der Waals surface area contributed by atoms with Crippen molar-refractivity contribution < 1.29 is 50.1 Å². The molecule has 8 nitrogen and oxygen atoms in total. The lowest BCUT2D eigenvalue weighted by Crippen LogP contribution is -2.24. The quantitative estimate of drug-likeness (QED) is 0.284. The fourth-order valence-corrected chi connectivity index (χ4v) is 2.33. The number of nitrogens with two attached hydrogens (primary N) is 2. The van der Waals surface area contributed by atoms with Crippen LogP contribution in [0.3, 0.4) is 0 Å². The number of rotatable bonds is 4. The Morgan fingerprint density at radius 1 is 0.794 bits per heavy atom. The average molecular weight is 495 g/mol. The third kappa shape index (κ3) is 9.67. The SMILES string of the molecule is COC(=O)c1cc(OC(F)(F)F)ccc1C.Cc1ccc(OC(F)(F)F)cc1C(=O)N=C(N)N. The molecule has 0 atom stereocenters. The van der Waals surface area contributed by atoms with E-state index >= 15 is 0 Å². The molecule has 14 heteroatoms. The van der Waals surface area contributed by atoms with Crippen LogP contribution in [0.5, 0.6) is 11.5 Å². The fourth-order valence-electron chi connectivity index (χ4n) is 2.33. The molecule has 0 aliphatic carbocycles. The molecule has 186 valence electrons. The Kier molecular flexibility index (Phi) is 9.28. The molecule has 1 amide bonds. The Balaban J connectivity index is 0.000000342. The number of amides is 1. The largest absolute Gasteiger partial charge is 0.573 e. The molecule has 0 aliphatic heterocycles. The number of ether oxygens (including phenoxy) is 3. The normalized spacial score (nSPS) is 11.0. The van der Waals surface area contributed by atoms with Crippen LogP contribution < -0.4 is 20.9 Å². The number of aryl methyl sites for hydroxylation is 2. The number of carbonyl (C=O) groups excluding carboxylic acids is 2. The number of aliphatic imine (C=N–C) groups is 1. The number of nitrogens with zero attached hydrogens (tertiary/aromatic N) is 1. The minimum absolute atomic E-state index is 0.0456. The van der Waals surface area contributed by atoms with Gasteiger partial charge in [-0.15, -0.1) is 26.3 Å². The summed E-state index contributed by atoms with van der Waals surface area (Å²) >= 11 is 0. The van der Waals surface area contributed by atoms with Gasteiger partial charge in [0.25, 0.3) is 5.91 Å². The van der Waals surface area contributed by atoms with E-state index in [-0.39, 0.29) is 11.1 Å². The Bertz CT molecular complexity index is 1060. The summed E-state index contributed by atoms with van der Waals surface area (Å²) < 4.78 is 83.6. The number of methoxy groups -OCH3 is 1. The van der Waals surface area contributed by atoms with Crippen molar-refractivity contribution in [3.8, 4) is 11.5 Å². The maximum Gasteiger partial charge on any atom is 0.573 e. The van der Waals surface area contributed by atoms with Gasteiger partial charge in [-0.2, -0.15) is 4.99 Å². The molecule has 0 unspecified atom stereocenters. The fraction of sp³-hybridized carbons (Fsp3) is 0.250. The van der Waals surface area contributed by atoms with Crippen LogP contribution in [-0.4, -0.2) is 37.7 Å². The smallest absolute Gasteiger partial charge is 0.465 e. The van der Waals surface area contributed by atoms with Crippen LogP contribution in [0.4, 0.5) is 26.3 Å². The van der Waals surface area contributed by atoms with E-state index in [0.717, 1.165) is 31.4 Å². The average Bonchev–Trinajstić information content (AvgIpc) is 2.68. The number of esters is 1. The highest BCUT2D eigenvalue weighted by atomic mass is 19.4. The van der Waals surface area contributed by atoms with Gasteiger partial charge in [-0.25, -0.2) is 4.79 Å². The summed E-state index contributed by atoms with van der Waals surface area (Å²) in [6.07, 6.45) is -9.60. The molecule has 0 spiro atoms. The molecule has 0 bridgehead atoms. The first-order valence-electron chi connectivity index (χ1n) is 8.97. The number of alkyl halides is 6. The number of hydrogen-bond donors (Lipinski definition) is 2. The molecule has 0 fully saturated rings. The van der Waals surface area contributed by atoms with Crippen LogP contribution in [0.1, 0.15) is 31.8 Å². The van der Waals surface area contributed by atoms with Crippen LogP contribution in [0.2, 0.25) is 0 Å². The van der Waals surface area contributed by atoms with E-state index in [1.807, 2.05) is 0 Å². The number of carbonyl (C=O) groups is 2. The van der Waals surface area contributed by atoms with Crippen molar-refractivity contribution in [2.24, 2.45) is 16.5 Å². The predicted octanol–water partition coefficient (Wildman–Crippen LogP) is 3.99. The van der Waals surface area contributed by atoms with Crippen molar-refractivity contribution in [1.29, 1.82) is 0 Å². The molecular weight excluding hydrogens is 476 g/mol. The minimum Gasteiger partial charge on any atom is -0.465 e. The zero-order chi connectivity index (χ0) is 26.3. The monoisotopic (exact) mass is 495 g/mol. The molecule has 2 aromatic carbocycles. The Labute approximate surface area is 189 Å². The number of hydrogen-bond acceptors (Lipinski definition) is 5.